The third-order valence-electron chi connectivity index (χ3n) is 5.05. The number of ether oxygens (including phenoxy) is 2. The van der Waals surface area contributed by atoms with Gasteiger partial charge < -0.3 is 20.1 Å². The summed E-state index contributed by atoms with van der Waals surface area (Å²) in [6.45, 7) is 4.80. The Hall–Kier alpha value is -3.44. The van der Waals surface area contributed by atoms with Crippen LogP contribution in [-0.2, 0) is 35.7 Å². The molecular weight excluding hydrogens is 474 g/mol. The molecule has 0 aliphatic heterocycles. The monoisotopic (exact) mass is 505 g/mol. The zero-order chi connectivity index (χ0) is 26.0. The van der Waals surface area contributed by atoms with E-state index < -0.39 is 46.6 Å². The smallest absolute Gasteiger partial charge is 0.408 e. The van der Waals surface area contributed by atoms with Gasteiger partial charge in [-0.3, -0.25) is 4.79 Å². The van der Waals surface area contributed by atoms with E-state index in [4.69, 9.17) is 9.47 Å². The number of carbonyl (C=O) groups is 3. The molecule has 2 aromatic carbocycles. The van der Waals surface area contributed by atoms with Crippen LogP contribution in [0.4, 0.5) is 4.79 Å². The van der Waals surface area contributed by atoms with Crippen LogP contribution in [0.2, 0.25) is 0 Å². The van der Waals surface area contributed by atoms with Crippen LogP contribution in [0.1, 0.15) is 25.0 Å². The number of amides is 2. The van der Waals surface area contributed by atoms with E-state index in [0.717, 1.165) is 18.2 Å². The summed E-state index contributed by atoms with van der Waals surface area (Å²) in [6.07, 6.45) is -0.808. The summed E-state index contributed by atoms with van der Waals surface area (Å²) in [4.78, 5) is 37.4. The highest BCUT2D eigenvalue weighted by molar-refractivity contribution is 7.89. The minimum atomic E-state index is -3.94. The minimum absolute atomic E-state index is 0.0147. The zero-order valence-corrected chi connectivity index (χ0v) is 20.9. The number of hydrogen-bond acceptors (Lipinski definition) is 7. The number of alkyl carbamates (subject to hydrolysis) is 1. The van der Waals surface area contributed by atoms with Gasteiger partial charge >= 0.3 is 12.1 Å². The average molecular weight is 506 g/mol. The van der Waals surface area contributed by atoms with Gasteiger partial charge in [-0.15, -0.1) is 0 Å². The molecule has 0 radical (unpaired) electrons. The number of methoxy groups -OCH3 is 1. The summed E-state index contributed by atoms with van der Waals surface area (Å²) >= 11 is 0. The maximum atomic E-state index is 12.9. The van der Waals surface area contributed by atoms with Gasteiger partial charge in [0.2, 0.25) is 15.9 Å². The lowest BCUT2D eigenvalue weighted by Gasteiger charge is -2.24. The predicted molar refractivity (Wildman–Crippen MR) is 129 cm³/mol. The van der Waals surface area contributed by atoms with Gasteiger partial charge in [-0.05, 0) is 30.5 Å². The summed E-state index contributed by atoms with van der Waals surface area (Å²) in [6, 6.07) is 12.8. The first-order valence-electron chi connectivity index (χ1n) is 10.9. The van der Waals surface area contributed by atoms with E-state index in [1.165, 1.54) is 12.1 Å². The van der Waals surface area contributed by atoms with E-state index in [2.05, 4.69) is 15.4 Å². The topological polar surface area (TPSA) is 140 Å². The fourth-order valence-corrected chi connectivity index (χ4v) is 4.06. The van der Waals surface area contributed by atoms with E-state index in [9.17, 15) is 22.8 Å². The predicted octanol–water partition coefficient (Wildman–Crippen LogP) is 1.88. The number of nitrogens with one attached hydrogen (secondary N) is 3. The van der Waals surface area contributed by atoms with Crippen molar-refractivity contribution in [3.63, 3.8) is 0 Å². The van der Waals surface area contributed by atoms with Crippen molar-refractivity contribution in [2.24, 2.45) is 5.92 Å². The van der Waals surface area contributed by atoms with Crippen LogP contribution in [0.5, 0.6) is 0 Å². The van der Waals surface area contributed by atoms with E-state index in [-0.39, 0.29) is 17.4 Å². The first-order chi connectivity index (χ1) is 16.5. The number of rotatable bonds is 11. The summed E-state index contributed by atoms with van der Waals surface area (Å²) < 4.78 is 37.3. The summed E-state index contributed by atoms with van der Waals surface area (Å²) in [7, 11) is -2.82. The van der Waals surface area contributed by atoms with Gasteiger partial charge in [-0.2, -0.15) is 0 Å². The molecule has 0 fully saturated rings. The fraction of sp³-hybridized carbons (Fsp3) is 0.375. The van der Waals surface area contributed by atoms with E-state index in [0.29, 0.717) is 0 Å². The van der Waals surface area contributed by atoms with E-state index in [1.807, 2.05) is 13.0 Å². The molecule has 0 saturated carbocycles. The number of sulfonamides is 1. The average Bonchev–Trinajstić information content (AvgIpc) is 2.83. The summed E-state index contributed by atoms with van der Waals surface area (Å²) in [5.41, 5.74) is 1.66. The highest BCUT2D eigenvalue weighted by atomic mass is 32.2. The van der Waals surface area contributed by atoms with Gasteiger partial charge in [0.25, 0.3) is 0 Å². The number of benzene rings is 2. The minimum Gasteiger partial charge on any atom is -0.467 e. The molecule has 0 saturated heterocycles. The molecule has 190 valence electrons. The number of aryl methyl sites for hydroxylation is 1. The quantitative estimate of drug-likeness (QED) is 0.396. The maximum absolute atomic E-state index is 12.9. The number of esters is 1. The molecule has 2 amide bonds. The Morgan fingerprint density at radius 1 is 0.943 bits per heavy atom. The first-order valence-corrected chi connectivity index (χ1v) is 12.4. The van der Waals surface area contributed by atoms with Crippen LogP contribution in [0.15, 0.2) is 59.5 Å². The third-order valence-corrected chi connectivity index (χ3v) is 6.49. The van der Waals surface area contributed by atoms with Crippen molar-refractivity contribution in [2.45, 2.75) is 44.4 Å². The Morgan fingerprint density at radius 2 is 1.57 bits per heavy atom. The SMILES string of the molecule is COC(=O)[C@H](CNS(=O)(=O)c1ccc(C)cc1)NC(=O)[C@@H](NC(=O)OCc1ccccc1)C(C)C. The molecule has 10 nitrogen and oxygen atoms in total. The van der Waals surface area contributed by atoms with Gasteiger partial charge in [-0.25, -0.2) is 22.7 Å². The molecule has 0 heterocycles. The second-order valence-corrected chi connectivity index (χ2v) is 9.94. The highest BCUT2D eigenvalue weighted by Gasteiger charge is 2.30. The number of hydrogen-bond donors (Lipinski definition) is 3. The Morgan fingerprint density at radius 3 is 2.14 bits per heavy atom. The standard InChI is InChI=1S/C24H31N3O7S/c1-16(2)21(27-24(30)34-15-18-8-6-5-7-9-18)22(28)26-20(23(29)33-4)14-25-35(31,32)19-12-10-17(3)11-13-19/h5-13,16,20-21,25H,14-15H2,1-4H3,(H,26,28)(H,27,30)/t20-,21-/m0/s1. The van der Waals surface area contributed by atoms with E-state index in [1.54, 1.807) is 50.2 Å². The zero-order valence-electron chi connectivity index (χ0n) is 20.1. The Bertz CT molecular complexity index is 1100. The van der Waals surface area contributed by atoms with Crippen molar-refractivity contribution in [1.29, 1.82) is 0 Å². The molecular formula is C24H31N3O7S. The Kier molecular flexibility index (Phi) is 10.2. The number of carbonyl (C=O) groups excluding carboxylic acids is 3. The van der Waals surface area contributed by atoms with Crippen LogP contribution in [0.3, 0.4) is 0 Å². The molecule has 0 spiro atoms. The van der Waals surface area contributed by atoms with Crippen molar-refractivity contribution in [3.05, 3.63) is 65.7 Å². The van der Waals surface area contributed by atoms with Crippen LogP contribution in [0, 0.1) is 12.8 Å². The second kappa shape index (κ2) is 12.9. The lowest BCUT2D eigenvalue weighted by Crippen LogP contribution is -2.56. The molecule has 3 N–H and O–H groups in total. The van der Waals surface area contributed by atoms with Crippen LogP contribution in [-0.4, -0.2) is 52.1 Å². The third kappa shape index (κ3) is 8.69. The van der Waals surface area contributed by atoms with Crippen LogP contribution >= 0.6 is 0 Å². The summed E-state index contributed by atoms with van der Waals surface area (Å²) in [5.74, 6) is -1.90. The molecule has 2 atom stereocenters. The van der Waals surface area contributed by atoms with Gasteiger partial charge in [0.05, 0.1) is 12.0 Å². The molecule has 0 aliphatic carbocycles. The van der Waals surface area contributed by atoms with Gasteiger partial charge in [0, 0.05) is 6.54 Å². The van der Waals surface area contributed by atoms with Crippen LogP contribution in [0.25, 0.3) is 0 Å². The van der Waals surface area contributed by atoms with Crippen molar-refractivity contribution < 1.29 is 32.3 Å². The molecule has 2 rings (SSSR count). The fourth-order valence-electron chi connectivity index (χ4n) is 3.02. The Balaban J connectivity index is 2.02. The van der Waals surface area contributed by atoms with E-state index >= 15 is 0 Å². The molecule has 11 heteroatoms. The lowest BCUT2D eigenvalue weighted by molar-refractivity contribution is -0.145. The molecule has 0 aliphatic rings. The molecule has 2 aromatic rings. The van der Waals surface area contributed by atoms with Gasteiger partial charge in [-0.1, -0.05) is 61.9 Å². The second-order valence-electron chi connectivity index (χ2n) is 8.18. The highest BCUT2D eigenvalue weighted by Crippen LogP contribution is 2.10. The van der Waals surface area contributed by atoms with Gasteiger partial charge in [0.15, 0.2) is 0 Å². The maximum Gasteiger partial charge on any atom is 0.408 e. The molecule has 0 unspecified atom stereocenters. The van der Waals surface area contributed by atoms with Crippen molar-refractivity contribution in [2.75, 3.05) is 13.7 Å². The largest absolute Gasteiger partial charge is 0.467 e. The first kappa shape index (κ1) is 27.8. The molecule has 0 bridgehead atoms. The van der Waals surface area contributed by atoms with Crippen LogP contribution < -0.4 is 15.4 Å². The summed E-state index contributed by atoms with van der Waals surface area (Å²) in [5, 5.41) is 4.94. The molecule has 0 aromatic heterocycles. The Labute approximate surface area is 205 Å². The normalized spacial score (nSPS) is 12.9. The molecule has 35 heavy (non-hydrogen) atoms. The van der Waals surface area contributed by atoms with Crippen molar-refractivity contribution in [1.82, 2.24) is 15.4 Å². The van der Waals surface area contributed by atoms with Crippen molar-refractivity contribution >= 4 is 28.0 Å². The van der Waals surface area contributed by atoms with Gasteiger partial charge in [0.1, 0.15) is 18.7 Å². The van der Waals surface area contributed by atoms with Crippen molar-refractivity contribution in [3.8, 4) is 0 Å². The lowest BCUT2D eigenvalue weighted by atomic mass is 10.0.